The number of piperidine rings is 1. The van der Waals surface area contributed by atoms with E-state index in [0.29, 0.717) is 18.7 Å². The second-order valence-corrected chi connectivity index (χ2v) is 4.90. The fraction of sp³-hybridized carbons (Fsp3) is 0.500. The first-order chi connectivity index (χ1) is 9.13. The number of anilines is 1. The first-order valence-electron chi connectivity index (χ1n) is 6.60. The van der Waals surface area contributed by atoms with Gasteiger partial charge in [0.05, 0.1) is 5.56 Å². The molecule has 0 spiro atoms. The van der Waals surface area contributed by atoms with Gasteiger partial charge in [0.15, 0.2) is 0 Å². The summed E-state index contributed by atoms with van der Waals surface area (Å²) in [6.45, 7) is 0.644. The first-order valence-corrected chi connectivity index (χ1v) is 6.60. The number of rotatable bonds is 3. The lowest BCUT2D eigenvalue weighted by Gasteiger charge is -2.35. The Hall–Kier alpha value is -1.62. The maximum absolute atomic E-state index is 13.7. The Bertz CT molecular complexity index is 463. The molecule has 1 heterocycles. The molecule has 1 aliphatic rings. The van der Waals surface area contributed by atoms with Crippen LogP contribution in [-0.2, 0) is 0 Å². The maximum Gasteiger partial charge on any atom is 0.257 e. The van der Waals surface area contributed by atoms with Crippen LogP contribution in [0, 0.1) is 5.82 Å². The van der Waals surface area contributed by atoms with Crippen molar-refractivity contribution < 1.29 is 14.3 Å². The van der Waals surface area contributed by atoms with Gasteiger partial charge < -0.3 is 15.7 Å². The highest BCUT2D eigenvalue weighted by Crippen LogP contribution is 2.23. The molecule has 1 unspecified atom stereocenters. The molecule has 2 rings (SSSR count). The molecule has 19 heavy (non-hydrogen) atoms. The van der Waals surface area contributed by atoms with Crippen LogP contribution >= 0.6 is 0 Å². The molecule has 0 saturated carbocycles. The molecule has 0 aromatic heterocycles. The molecule has 5 heteroatoms. The van der Waals surface area contributed by atoms with E-state index in [-0.39, 0.29) is 24.1 Å². The van der Waals surface area contributed by atoms with Gasteiger partial charge in [0, 0.05) is 24.9 Å². The SMILES string of the molecule is Nc1ccc(F)c(C(=O)N2CCCCC2CCO)c1. The van der Waals surface area contributed by atoms with Crippen LogP contribution in [0.5, 0.6) is 0 Å². The molecule has 0 radical (unpaired) electrons. The summed E-state index contributed by atoms with van der Waals surface area (Å²) in [6.07, 6.45) is 3.34. The van der Waals surface area contributed by atoms with Crippen molar-refractivity contribution in [2.24, 2.45) is 0 Å². The number of halogens is 1. The van der Waals surface area contributed by atoms with E-state index in [4.69, 9.17) is 10.8 Å². The van der Waals surface area contributed by atoms with Crippen molar-refractivity contribution in [1.82, 2.24) is 4.90 Å². The molecule has 1 atom stereocenters. The summed E-state index contributed by atoms with van der Waals surface area (Å²) in [5.41, 5.74) is 6.00. The van der Waals surface area contributed by atoms with Crippen LogP contribution in [0.3, 0.4) is 0 Å². The number of carbonyl (C=O) groups excluding carboxylic acids is 1. The highest BCUT2D eigenvalue weighted by atomic mass is 19.1. The van der Waals surface area contributed by atoms with Crippen LogP contribution < -0.4 is 5.73 Å². The quantitative estimate of drug-likeness (QED) is 0.820. The molecular formula is C14H19FN2O2. The molecule has 3 N–H and O–H groups in total. The van der Waals surface area contributed by atoms with Crippen molar-refractivity contribution in [1.29, 1.82) is 0 Å². The summed E-state index contributed by atoms with van der Waals surface area (Å²) in [5, 5.41) is 9.06. The molecule has 1 amide bonds. The van der Waals surface area contributed by atoms with Gasteiger partial charge in [-0.15, -0.1) is 0 Å². The molecule has 0 bridgehead atoms. The number of likely N-dealkylation sites (tertiary alicyclic amines) is 1. The molecule has 1 saturated heterocycles. The summed E-state index contributed by atoms with van der Waals surface area (Å²) < 4.78 is 13.7. The third kappa shape index (κ3) is 3.04. The van der Waals surface area contributed by atoms with E-state index in [1.807, 2.05) is 0 Å². The average molecular weight is 266 g/mol. The van der Waals surface area contributed by atoms with E-state index < -0.39 is 5.82 Å². The third-order valence-corrected chi connectivity index (χ3v) is 3.57. The van der Waals surface area contributed by atoms with Gasteiger partial charge in [0.25, 0.3) is 5.91 Å². The third-order valence-electron chi connectivity index (χ3n) is 3.57. The zero-order chi connectivity index (χ0) is 13.8. The van der Waals surface area contributed by atoms with Gasteiger partial charge in [0.2, 0.25) is 0 Å². The van der Waals surface area contributed by atoms with Crippen LogP contribution in [0.1, 0.15) is 36.0 Å². The number of aliphatic hydroxyl groups excluding tert-OH is 1. The monoisotopic (exact) mass is 266 g/mol. The lowest BCUT2D eigenvalue weighted by Crippen LogP contribution is -2.44. The lowest BCUT2D eigenvalue weighted by molar-refractivity contribution is 0.0570. The second kappa shape index (κ2) is 6.02. The Balaban J connectivity index is 2.23. The van der Waals surface area contributed by atoms with Gasteiger partial charge in [-0.3, -0.25) is 4.79 Å². The minimum Gasteiger partial charge on any atom is -0.399 e. The van der Waals surface area contributed by atoms with Crippen molar-refractivity contribution in [3.05, 3.63) is 29.6 Å². The molecular weight excluding hydrogens is 247 g/mol. The summed E-state index contributed by atoms with van der Waals surface area (Å²) in [5.74, 6) is -0.879. The minimum absolute atomic E-state index is 0.00733. The normalized spacial score (nSPS) is 19.5. The molecule has 1 aromatic rings. The van der Waals surface area contributed by atoms with Crippen molar-refractivity contribution in [3.63, 3.8) is 0 Å². The second-order valence-electron chi connectivity index (χ2n) is 4.90. The number of nitrogen functional groups attached to an aromatic ring is 1. The summed E-state index contributed by atoms with van der Waals surface area (Å²) in [4.78, 5) is 14.1. The largest absolute Gasteiger partial charge is 0.399 e. The minimum atomic E-state index is -0.549. The van der Waals surface area contributed by atoms with E-state index in [2.05, 4.69) is 0 Å². The molecule has 4 nitrogen and oxygen atoms in total. The van der Waals surface area contributed by atoms with E-state index in [0.717, 1.165) is 19.3 Å². The molecule has 104 valence electrons. The predicted octanol–water partition coefficient (Wildman–Crippen LogP) is 1.79. The first kappa shape index (κ1) is 13.8. The smallest absolute Gasteiger partial charge is 0.257 e. The van der Waals surface area contributed by atoms with Crippen LogP contribution in [0.2, 0.25) is 0 Å². The summed E-state index contributed by atoms with van der Waals surface area (Å²) >= 11 is 0. The lowest BCUT2D eigenvalue weighted by atomic mass is 9.98. The van der Waals surface area contributed by atoms with Crippen molar-refractivity contribution >= 4 is 11.6 Å². The fourth-order valence-electron chi connectivity index (χ4n) is 2.58. The molecule has 1 aliphatic heterocycles. The van der Waals surface area contributed by atoms with Gasteiger partial charge in [-0.2, -0.15) is 0 Å². The highest BCUT2D eigenvalue weighted by Gasteiger charge is 2.28. The number of aliphatic hydroxyl groups is 1. The van der Waals surface area contributed by atoms with Gasteiger partial charge in [-0.1, -0.05) is 0 Å². The van der Waals surface area contributed by atoms with Crippen LogP contribution in [-0.4, -0.2) is 35.1 Å². The van der Waals surface area contributed by atoms with E-state index >= 15 is 0 Å². The maximum atomic E-state index is 13.7. The number of nitrogens with zero attached hydrogens (tertiary/aromatic N) is 1. The van der Waals surface area contributed by atoms with E-state index in [1.54, 1.807) is 4.90 Å². The average Bonchev–Trinajstić information content (AvgIpc) is 2.42. The Morgan fingerprint density at radius 2 is 2.26 bits per heavy atom. The van der Waals surface area contributed by atoms with Crippen molar-refractivity contribution in [2.75, 3.05) is 18.9 Å². The Morgan fingerprint density at radius 1 is 1.47 bits per heavy atom. The molecule has 0 aliphatic carbocycles. The zero-order valence-electron chi connectivity index (χ0n) is 10.8. The number of hydrogen-bond donors (Lipinski definition) is 2. The number of benzene rings is 1. The van der Waals surface area contributed by atoms with Crippen LogP contribution in [0.4, 0.5) is 10.1 Å². The number of amides is 1. The van der Waals surface area contributed by atoms with Gasteiger partial charge in [-0.05, 0) is 43.9 Å². The molecule has 1 fully saturated rings. The Morgan fingerprint density at radius 3 is 3.00 bits per heavy atom. The Labute approximate surface area is 112 Å². The summed E-state index contributed by atoms with van der Waals surface area (Å²) in [6, 6.07) is 4.02. The number of hydrogen-bond acceptors (Lipinski definition) is 3. The van der Waals surface area contributed by atoms with Crippen LogP contribution in [0.25, 0.3) is 0 Å². The van der Waals surface area contributed by atoms with Crippen molar-refractivity contribution in [2.45, 2.75) is 31.7 Å². The zero-order valence-corrected chi connectivity index (χ0v) is 10.8. The van der Waals surface area contributed by atoms with Crippen molar-refractivity contribution in [3.8, 4) is 0 Å². The molecule has 1 aromatic carbocycles. The fourth-order valence-corrected chi connectivity index (χ4v) is 2.58. The topological polar surface area (TPSA) is 66.6 Å². The summed E-state index contributed by atoms with van der Waals surface area (Å²) in [7, 11) is 0. The van der Waals surface area contributed by atoms with Gasteiger partial charge in [0.1, 0.15) is 5.82 Å². The van der Waals surface area contributed by atoms with Crippen LogP contribution in [0.15, 0.2) is 18.2 Å². The number of carbonyl (C=O) groups is 1. The number of nitrogens with two attached hydrogens (primary N) is 1. The van der Waals surface area contributed by atoms with Gasteiger partial charge >= 0.3 is 0 Å². The standard InChI is InChI=1S/C14H19FN2O2/c15-13-5-4-10(16)9-12(13)14(19)17-7-2-1-3-11(17)6-8-18/h4-5,9,11,18H,1-3,6-8,16H2. The highest BCUT2D eigenvalue weighted by molar-refractivity contribution is 5.95. The Kier molecular flexibility index (Phi) is 4.37. The predicted molar refractivity (Wildman–Crippen MR) is 71.2 cm³/mol. The van der Waals surface area contributed by atoms with Gasteiger partial charge in [-0.25, -0.2) is 4.39 Å². The van der Waals surface area contributed by atoms with E-state index in [1.165, 1.54) is 18.2 Å². The van der Waals surface area contributed by atoms with E-state index in [9.17, 15) is 9.18 Å².